The van der Waals surface area contributed by atoms with E-state index >= 15 is 0 Å². The van der Waals surface area contributed by atoms with Crippen LogP contribution < -0.4 is 5.32 Å². The predicted molar refractivity (Wildman–Crippen MR) is 77.3 cm³/mol. The molecule has 4 nitrogen and oxygen atoms in total. The zero-order valence-corrected chi connectivity index (χ0v) is 12.2. The van der Waals surface area contributed by atoms with E-state index in [-0.39, 0.29) is 12.1 Å². The molecule has 1 aromatic carbocycles. The van der Waals surface area contributed by atoms with Gasteiger partial charge in [0.1, 0.15) is 6.04 Å². The Bertz CT molecular complexity index is 421. The average molecular weight is 277 g/mol. The standard InChI is InChI=1S/C16H23NO3/c1-3-19-16(18)15(13-7-5-4-6-8-13)17-11-14-9-10-20-12(14)2/h4-8,12,14-15,17H,3,9-11H2,1-2H3. The molecule has 1 N–H and O–H groups in total. The monoisotopic (exact) mass is 277 g/mol. The lowest BCUT2D eigenvalue weighted by molar-refractivity contribution is -0.146. The molecule has 1 saturated heterocycles. The fraction of sp³-hybridized carbons (Fsp3) is 0.562. The Morgan fingerprint density at radius 3 is 2.80 bits per heavy atom. The second-order valence-corrected chi connectivity index (χ2v) is 5.13. The first-order valence-corrected chi connectivity index (χ1v) is 7.29. The molecule has 0 saturated carbocycles. The SMILES string of the molecule is CCOC(=O)C(NCC1CCOC1C)c1ccccc1. The second-order valence-electron chi connectivity index (χ2n) is 5.13. The summed E-state index contributed by atoms with van der Waals surface area (Å²) in [4.78, 5) is 12.1. The third-order valence-electron chi connectivity index (χ3n) is 3.77. The van der Waals surface area contributed by atoms with Crippen LogP contribution in [0.25, 0.3) is 0 Å². The van der Waals surface area contributed by atoms with E-state index in [1.165, 1.54) is 0 Å². The zero-order valence-electron chi connectivity index (χ0n) is 12.2. The summed E-state index contributed by atoms with van der Waals surface area (Å²) in [5.41, 5.74) is 0.942. The predicted octanol–water partition coefficient (Wildman–Crippen LogP) is 2.31. The lowest BCUT2D eigenvalue weighted by atomic mass is 10.0. The number of benzene rings is 1. The number of ether oxygens (including phenoxy) is 2. The molecule has 1 aliphatic heterocycles. The van der Waals surface area contributed by atoms with Gasteiger partial charge in [0.15, 0.2) is 0 Å². The maximum absolute atomic E-state index is 12.1. The molecule has 3 atom stereocenters. The minimum absolute atomic E-state index is 0.217. The summed E-state index contributed by atoms with van der Waals surface area (Å²) < 4.78 is 10.7. The highest BCUT2D eigenvalue weighted by Gasteiger charge is 2.27. The molecule has 20 heavy (non-hydrogen) atoms. The van der Waals surface area contributed by atoms with Gasteiger partial charge in [-0.15, -0.1) is 0 Å². The van der Waals surface area contributed by atoms with Crippen molar-refractivity contribution in [2.24, 2.45) is 5.92 Å². The van der Waals surface area contributed by atoms with Crippen LogP contribution >= 0.6 is 0 Å². The third-order valence-corrected chi connectivity index (χ3v) is 3.77. The summed E-state index contributed by atoms with van der Waals surface area (Å²) in [5, 5.41) is 3.34. The third kappa shape index (κ3) is 3.81. The number of hydrogen-bond acceptors (Lipinski definition) is 4. The maximum atomic E-state index is 12.1. The molecule has 0 radical (unpaired) electrons. The molecule has 0 amide bonds. The molecule has 110 valence electrons. The van der Waals surface area contributed by atoms with Crippen LogP contribution in [-0.4, -0.2) is 31.8 Å². The normalized spacial score (nSPS) is 23.5. The van der Waals surface area contributed by atoms with E-state index in [4.69, 9.17) is 9.47 Å². The van der Waals surface area contributed by atoms with Crippen LogP contribution in [0.3, 0.4) is 0 Å². The van der Waals surface area contributed by atoms with Crippen molar-refractivity contribution in [2.45, 2.75) is 32.4 Å². The Balaban J connectivity index is 2.01. The summed E-state index contributed by atoms with van der Waals surface area (Å²) in [6.45, 7) is 5.88. The molecule has 0 aromatic heterocycles. The molecule has 0 spiro atoms. The van der Waals surface area contributed by atoms with Gasteiger partial charge >= 0.3 is 5.97 Å². The molecule has 1 aromatic rings. The molecule has 3 unspecified atom stereocenters. The van der Waals surface area contributed by atoms with E-state index in [0.29, 0.717) is 12.5 Å². The van der Waals surface area contributed by atoms with Crippen LogP contribution in [0.1, 0.15) is 31.9 Å². The van der Waals surface area contributed by atoms with E-state index in [0.717, 1.165) is 25.1 Å². The van der Waals surface area contributed by atoms with Crippen LogP contribution in [0, 0.1) is 5.92 Å². The molecular weight excluding hydrogens is 254 g/mol. The highest BCUT2D eigenvalue weighted by molar-refractivity contribution is 5.77. The van der Waals surface area contributed by atoms with Crippen molar-refractivity contribution < 1.29 is 14.3 Å². The van der Waals surface area contributed by atoms with Gasteiger partial charge in [-0.05, 0) is 31.7 Å². The van der Waals surface area contributed by atoms with Crippen molar-refractivity contribution in [1.82, 2.24) is 5.32 Å². The molecule has 0 bridgehead atoms. The van der Waals surface area contributed by atoms with Gasteiger partial charge in [-0.1, -0.05) is 30.3 Å². The van der Waals surface area contributed by atoms with Gasteiger partial charge in [-0.3, -0.25) is 0 Å². The van der Waals surface area contributed by atoms with Crippen molar-refractivity contribution in [3.8, 4) is 0 Å². The molecule has 2 rings (SSSR count). The summed E-state index contributed by atoms with van der Waals surface area (Å²) in [5.74, 6) is 0.237. The molecule has 1 heterocycles. The second kappa shape index (κ2) is 7.41. The fourth-order valence-corrected chi connectivity index (χ4v) is 2.52. The van der Waals surface area contributed by atoms with Gasteiger partial charge in [-0.25, -0.2) is 4.79 Å². The van der Waals surface area contributed by atoms with Gasteiger partial charge < -0.3 is 14.8 Å². The van der Waals surface area contributed by atoms with Crippen molar-refractivity contribution in [1.29, 1.82) is 0 Å². The number of nitrogens with one attached hydrogen (secondary N) is 1. The first-order valence-electron chi connectivity index (χ1n) is 7.29. The van der Waals surface area contributed by atoms with Gasteiger partial charge in [0.25, 0.3) is 0 Å². The van der Waals surface area contributed by atoms with Crippen LogP contribution in [0.4, 0.5) is 0 Å². The van der Waals surface area contributed by atoms with Crippen molar-refractivity contribution in [3.63, 3.8) is 0 Å². The molecule has 1 fully saturated rings. The smallest absolute Gasteiger partial charge is 0.327 e. The van der Waals surface area contributed by atoms with Crippen LogP contribution in [0.15, 0.2) is 30.3 Å². The number of hydrogen-bond donors (Lipinski definition) is 1. The quantitative estimate of drug-likeness (QED) is 0.811. The molecule has 0 aliphatic carbocycles. The topological polar surface area (TPSA) is 47.6 Å². The Labute approximate surface area is 120 Å². The number of rotatable bonds is 6. The summed E-state index contributed by atoms with van der Waals surface area (Å²) in [7, 11) is 0. The number of esters is 1. The summed E-state index contributed by atoms with van der Waals surface area (Å²) in [6.07, 6.45) is 1.29. The highest BCUT2D eigenvalue weighted by atomic mass is 16.5. The lowest BCUT2D eigenvalue weighted by Gasteiger charge is -2.21. The first-order chi connectivity index (χ1) is 9.72. The Morgan fingerprint density at radius 1 is 1.45 bits per heavy atom. The van der Waals surface area contributed by atoms with Crippen molar-refractivity contribution >= 4 is 5.97 Å². The van der Waals surface area contributed by atoms with Crippen LogP contribution in [-0.2, 0) is 14.3 Å². The van der Waals surface area contributed by atoms with Gasteiger partial charge in [0, 0.05) is 13.2 Å². The molecule has 1 aliphatic rings. The largest absolute Gasteiger partial charge is 0.465 e. The van der Waals surface area contributed by atoms with Gasteiger partial charge in [0.05, 0.1) is 12.7 Å². The maximum Gasteiger partial charge on any atom is 0.327 e. The van der Waals surface area contributed by atoms with E-state index in [2.05, 4.69) is 12.2 Å². The average Bonchev–Trinajstić information content (AvgIpc) is 2.86. The zero-order chi connectivity index (χ0) is 14.4. The van der Waals surface area contributed by atoms with Gasteiger partial charge in [-0.2, -0.15) is 0 Å². The molecule has 4 heteroatoms. The summed E-state index contributed by atoms with van der Waals surface area (Å²) in [6, 6.07) is 9.31. The Kier molecular flexibility index (Phi) is 5.56. The first kappa shape index (κ1) is 15.0. The Morgan fingerprint density at radius 2 is 2.20 bits per heavy atom. The van der Waals surface area contributed by atoms with E-state index in [1.807, 2.05) is 37.3 Å². The minimum Gasteiger partial charge on any atom is -0.465 e. The van der Waals surface area contributed by atoms with E-state index < -0.39 is 6.04 Å². The van der Waals surface area contributed by atoms with E-state index in [9.17, 15) is 4.79 Å². The summed E-state index contributed by atoms with van der Waals surface area (Å²) >= 11 is 0. The lowest BCUT2D eigenvalue weighted by Crippen LogP contribution is -2.35. The minimum atomic E-state index is -0.399. The Hall–Kier alpha value is -1.39. The molecular formula is C16H23NO3. The van der Waals surface area contributed by atoms with Crippen molar-refractivity contribution in [2.75, 3.05) is 19.8 Å². The van der Waals surface area contributed by atoms with Crippen LogP contribution in [0.5, 0.6) is 0 Å². The van der Waals surface area contributed by atoms with E-state index in [1.54, 1.807) is 0 Å². The van der Waals surface area contributed by atoms with Gasteiger partial charge in [0.2, 0.25) is 0 Å². The fourth-order valence-electron chi connectivity index (χ4n) is 2.52. The van der Waals surface area contributed by atoms with Crippen molar-refractivity contribution in [3.05, 3.63) is 35.9 Å². The number of carbonyl (C=O) groups excluding carboxylic acids is 1. The number of carbonyl (C=O) groups is 1. The highest BCUT2D eigenvalue weighted by Crippen LogP contribution is 2.21. The van der Waals surface area contributed by atoms with Crippen LogP contribution in [0.2, 0.25) is 0 Å².